The van der Waals surface area contributed by atoms with Gasteiger partial charge in [0.2, 0.25) is 43.7 Å². The van der Waals surface area contributed by atoms with E-state index in [1.807, 2.05) is 77.4 Å². The maximum atomic E-state index is 14.6. The molecule has 7 amide bonds. The lowest BCUT2D eigenvalue weighted by Crippen LogP contribution is -2.58. The molecule has 4 aliphatic carbocycles. The number of nitrogens with zero attached hydrogens (tertiary/aromatic N) is 5. The monoisotopic (exact) mass is 1430 g/mol. The van der Waals surface area contributed by atoms with Crippen LogP contribution in [-0.4, -0.2) is 178 Å². The van der Waals surface area contributed by atoms with E-state index in [1.165, 1.54) is 9.80 Å². The first-order chi connectivity index (χ1) is 46.7. The smallest absolute Gasteiger partial charge is 0.408 e. The van der Waals surface area contributed by atoms with Crippen molar-refractivity contribution in [2.45, 2.75) is 245 Å². The van der Waals surface area contributed by atoms with E-state index < -0.39 is 132 Å². The van der Waals surface area contributed by atoms with Gasteiger partial charge in [-0.25, -0.2) is 21.6 Å². The molecule has 10 atom stereocenters. The number of carbonyl (C=O) groups is 7. The van der Waals surface area contributed by atoms with Crippen molar-refractivity contribution in [1.82, 2.24) is 54.7 Å². The van der Waals surface area contributed by atoms with Crippen LogP contribution >= 0.6 is 0 Å². The van der Waals surface area contributed by atoms with Crippen molar-refractivity contribution in [1.29, 1.82) is 0 Å². The highest BCUT2D eigenvalue weighted by Crippen LogP contribution is 2.49. The molecule has 2 aromatic heterocycles. The topological polar surface area (TPSA) is 364 Å². The number of hydrogen-bond acceptors (Lipinski definition) is 18. The lowest BCUT2D eigenvalue weighted by molar-refractivity contribution is -0.141. The number of aromatic nitrogens is 4. The number of carbonyl (C=O) groups excluding carboxylic acids is 7. The fraction of sp³-hybridized carbons (Fsp3) is 0.638. The highest BCUT2D eigenvalue weighted by molar-refractivity contribution is 7.92. The Hall–Kier alpha value is -7.41. The lowest BCUT2D eigenvalue weighted by atomic mass is 10.0. The molecule has 2 aromatic carbocycles. The summed E-state index contributed by atoms with van der Waals surface area (Å²) in [4.78, 5) is 112. The number of amides is 7. The number of para-hydroxylation sites is 4. The van der Waals surface area contributed by atoms with Gasteiger partial charge in [0.1, 0.15) is 53.7 Å². The summed E-state index contributed by atoms with van der Waals surface area (Å²) in [7, 11) is -9.24. The predicted molar refractivity (Wildman–Crippen MR) is 372 cm³/mol. The molecular weight excluding hydrogens is 1330 g/mol. The fourth-order valence-corrected chi connectivity index (χ4v) is 16.7. The lowest BCUT2D eigenvalue weighted by Gasteiger charge is -2.30. The summed E-state index contributed by atoms with van der Waals surface area (Å²) in [6, 6.07) is 12.7. The molecule has 4 aliphatic heterocycles. The number of nitrogens with two attached hydrogens (primary N) is 1. The summed E-state index contributed by atoms with van der Waals surface area (Å²) in [5, 5.41) is 8.54. The van der Waals surface area contributed by atoms with Crippen molar-refractivity contribution in [2.24, 2.45) is 17.6 Å². The number of allylic oxidation sites excluding steroid dienone is 2. The molecule has 2 saturated heterocycles. The van der Waals surface area contributed by atoms with Gasteiger partial charge >= 0.3 is 6.09 Å². The van der Waals surface area contributed by atoms with Gasteiger partial charge in [0.15, 0.2) is 0 Å². The van der Waals surface area contributed by atoms with Gasteiger partial charge in [-0.1, -0.05) is 93.9 Å². The Kier molecular flexibility index (Phi) is 21.0. The number of benzene rings is 2. The quantitative estimate of drug-likeness (QED) is 0.0352. The first-order valence-corrected chi connectivity index (χ1v) is 41.7. The molecule has 0 unspecified atom stereocenters. The molecule has 0 spiro atoms. The molecule has 8 N–H and O–H groups in total. The maximum Gasteiger partial charge on any atom is 0.408 e. The van der Waals surface area contributed by atoms with Crippen LogP contribution < -0.4 is 40.6 Å². The average molecular weight is 1430 g/mol. The number of alkyl carbamates (subject to hydrolysis) is 1. The molecule has 540 valence electrons. The number of sulfonamides is 2. The Morgan fingerprint density at radius 2 is 1.21 bits per heavy atom. The van der Waals surface area contributed by atoms with Crippen molar-refractivity contribution in [3.63, 3.8) is 0 Å². The van der Waals surface area contributed by atoms with Crippen molar-refractivity contribution in [2.75, 3.05) is 19.7 Å². The minimum Gasteiger partial charge on any atom is -0.459 e. The molecule has 12 rings (SSSR count). The van der Waals surface area contributed by atoms with Gasteiger partial charge in [-0.15, -0.1) is 0 Å². The van der Waals surface area contributed by atoms with Crippen LogP contribution in [0, 0.1) is 11.8 Å². The molecule has 30 heteroatoms. The second-order valence-corrected chi connectivity index (χ2v) is 40.9. The summed E-state index contributed by atoms with van der Waals surface area (Å²) in [6.45, 7) is 16.1. The van der Waals surface area contributed by atoms with Crippen LogP contribution in [0.15, 0.2) is 72.8 Å². The van der Waals surface area contributed by atoms with E-state index in [0.717, 1.165) is 61.1 Å². The van der Waals surface area contributed by atoms with Crippen LogP contribution in [0.25, 0.3) is 22.1 Å². The van der Waals surface area contributed by atoms with Gasteiger partial charge in [0, 0.05) is 39.4 Å². The van der Waals surface area contributed by atoms with Crippen LogP contribution in [0.2, 0.25) is 25.7 Å². The number of hydrogen-bond donors (Lipinski definition) is 7. The molecule has 6 fully saturated rings. The van der Waals surface area contributed by atoms with E-state index in [2.05, 4.69) is 55.0 Å². The second-order valence-electron chi connectivity index (χ2n) is 30.9. The standard InChI is InChI=1S/C40H60N6O9SSi.C29H38N6O6S/c1-38(2,3)55-37(50)42-30-17-12-10-8-9-11-15-27-24-40(27,35(49)44-56(51,52)39(4)19-20-39)43-33(47)32-23-28(25-45(32)34(30)48)54-36-41-29-16-13-14-18-31(29)46(36)26-53-21-22-57(5,6)7;1-28(13-14-28)42(39,40)34-26(38)29-16-18(29)9-5-3-2-4-6-10-20(30)25(37)35-17-19(15-23(35)24(36)33-29)41-27-31-21-11-7-8-12-22(21)32-27/h11,13-16,18,27-28,30,32H,8-10,12,17,19-26H2,1-7H3,(H,42,50)(H,43,47)(H,44,49);5,7-9,11-12,18-20,23H,2-4,6,10,13-17,30H2,1H3,(H,31,32)(H,33,36)(H,34,38)/b15-11-;9-5-/t27-,28-,30+,32+,40-;18-,19-,20+,23+,29-/m11/s1. The number of aromatic amines is 1. The van der Waals surface area contributed by atoms with E-state index >= 15 is 0 Å². The number of fused-ring (bicyclic) bond motifs is 6. The van der Waals surface area contributed by atoms with Crippen LogP contribution in [0.4, 0.5) is 4.79 Å². The normalized spacial score (nSPS) is 29.3. The zero-order valence-electron chi connectivity index (χ0n) is 58.1. The summed E-state index contributed by atoms with van der Waals surface area (Å²) < 4.78 is 80.8. The molecule has 99 heavy (non-hydrogen) atoms. The molecule has 8 aliphatic rings. The van der Waals surface area contributed by atoms with Crippen LogP contribution in [0.3, 0.4) is 0 Å². The van der Waals surface area contributed by atoms with Gasteiger partial charge in [-0.05, 0) is 142 Å². The summed E-state index contributed by atoms with van der Waals surface area (Å²) >= 11 is 0. The molecule has 27 nitrogen and oxygen atoms in total. The first kappa shape index (κ1) is 72.8. The van der Waals surface area contributed by atoms with Crippen LogP contribution in [0.5, 0.6) is 12.0 Å². The third-order valence-corrected chi connectivity index (χ3v) is 26.5. The molecule has 4 aromatic rings. The largest absolute Gasteiger partial charge is 0.459 e. The van der Waals surface area contributed by atoms with Gasteiger partial charge in [0.25, 0.3) is 23.8 Å². The van der Waals surface area contributed by atoms with Gasteiger partial charge in [-0.2, -0.15) is 9.97 Å². The molecule has 0 radical (unpaired) electrons. The number of H-pyrrole nitrogens is 1. The number of ether oxygens (including phenoxy) is 4. The van der Waals surface area contributed by atoms with Crippen molar-refractivity contribution in [3.05, 3.63) is 72.8 Å². The third kappa shape index (κ3) is 16.8. The highest BCUT2D eigenvalue weighted by Gasteiger charge is 2.65. The van der Waals surface area contributed by atoms with Crippen LogP contribution in [-0.2, 0) is 65.0 Å². The molecule has 4 saturated carbocycles. The fourth-order valence-electron chi connectivity index (χ4n) is 13.3. The SMILES string of the molecule is CC(C)(C)OC(=O)N[C@H]1CCCCC/C=C\[C@@H]2C[C@@]2(C(=O)NS(=O)(=O)C2(C)CC2)NC(=O)[C@@H]2C[C@@H](Oc3nc4ccccc4n3COCC[Si](C)(C)C)CN2C1=O.CC1(S(=O)(=O)NC(=O)[C@@]23C[C@H]2/C=C\CCCCC[C@H](N)C(=O)N2C[C@H](Oc4nc5ccccc5[nH]4)C[C@H]2C(=O)N3)CC1. The second kappa shape index (κ2) is 28.5. The van der Waals surface area contributed by atoms with Crippen LogP contribution in [0.1, 0.15) is 150 Å². The molecule has 6 heterocycles. The molecule has 0 bridgehead atoms. The van der Waals surface area contributed by atoms with Gasteiger partial charge in [0.05, 0.1) is 50.7 Å². The van der Waals surface area contributed by atoms with E-state index in [4.69, 9.17) is 29.7 Å². The summed E-state index contributed by atoms with van der Waals surface area (Å²) in [5.74, 6) is -4.33. The Morgan fingerprint density at radius 3 is 1.76 bits per heavy atom. The zero-order chi connectivity index (χ0) is 71.1. The zero-order valence-corrected chi connectivity index (χ0v) is 60.7. The minimum atomic E-state index is -3.99. The van der Waals surface area contributed by atoms with E-state index in [9.17, 15) is 50.4 Å². The number of imidazole rings is 2. The maximum absolute atomic E-state index is 14.6. The average Bonchev–Trinajstić information content (AvgIpc) is 1.57. The Bertz CT molecular complexity index is 3990. The van der Waals surface area contributed by atoms with Crippen molar-refractivity contribution < 1.29 is 69.3 Å². The Labute approximate surface area is 580 Å². The minimum absolute atomic E-state index is 0.0155. The number of nitrogens with one attached hydrogen (secondary N) is 6. The first-order valence-electron chi connectivity index (χ1n) is 35.0. The van der Waals surface area contributed by atoms with Gasteiger partial charge in [-0.3, -0.25) is 42.8 Å². The van der Waals surface area contributed by atoms with Crippen molar-refractivity contribution in [3.8, 4) is 12.0 Å². The third-order valence-electron chi connectivity index (χ3n) is 20.4. The molecular formula is C69H98N12O15S2Si. The summed E-state index contributed by atoms with van der Waals surface area (Å²) in [6.07, 6.45) is 15.2. The number of rotatable bonds is 16. The van der Waals surface area contributed by atoms with Crippen molar-refractivity contribution >= 4 is 91.7 Å². The Balaban J connectivity index is 0.000000209. The highest BCUT2D eigenvalue weighted by atomic mass is 32.2. The van der Waals surface area contributed by atoms with E-state index in [1.54, 1.807) is 34.6 Å². The predicted octanol–water partition coefficient (Wildman–Crippen LogP) is 6.62. The summed E-state index contributed by atoms with van der Waals surface area (Å²) in [5.41, 5.74) is 5.59. The van der Waals surface area contributed by atoms with Gasteiger partial charge < -0.3 is 55.4 Å². The Morgan fingerprint density at radius 1 is 0.687 bits per heavy atom. The van der Waals surface area contributed by atoms with E-state index in [-0.39, 0.29) is 69.3 Å². The van der Waals surface area contributed by atoms with E-state index in [0.29, 0.717) is 63.5 Å².